The fraction of sp³-hybridized carbons (Fsp3) is 0.111. The number of H-pyrrole nitrogens is 1. The number of halogens is 1. The number of nitrogens with zero attached hydrogens (tertiary/aromatic N) is 2. The van der Waals surface area contributed by atoms with Gasteiger partial charge >= 0.3 is 0 Å². The number of nitrogens with one attached hydrogen (secondary N) is 1. The van der Waals surface area contributed by atoms with Crippen LogP contribution in [0.1, 0.15) is 5.56 Å². The van der Waals surface area contributed by atoms with Crippen molar-refractivity contribution in [1.29, 1.82) is 0 Å². The SMILES string of the molecule is COc1ccc(Cn2cc3c(n2)c(=O)[nH]c2ccc(Cl)cc23)cc1. The second kappa shape index (κ2) is 5.69. The van der Waals surface area contributed by atoms with Crippen LogP contribution in [-0.2, 0) is 6.54 Å². The lowest BCUT2D eigenvalue weighted by Crippen LogP contribution is -2.07. The minimum Gasteiger partial charge on any atom is -0.497 e. The molecule has 0 saturated heterocycles. The first kappa shape index (κ1) is 14.8. The van der Waals surface area contributed by atoms with E-state index in [1.54, 1.807) is 23.9 Å². The largest absolute Gasteiger partial charge is 0.497 e. The van der Waals surface area contributed by atoms with Crippen molar-refractivity contribution in [2.45, 2.75) is 6.54 Å². The second-order valence-corrected chi connectivity index (χ2v) is 6.02. The molecule has 2 heterocycles. The summed E-state index contributed by atoms with van der Waals surface area (Å²) in [6, 6.07) is 13.2. The Morgan fingerprint density at radius 3 is 2.71 bits per heavy atom. The van der Waals surface area contributed by atoms with Gasteiger partial charge in [0.15, 0.2) is 5.52 Å². The molecule has 0 radical (unpaired) electrons. The van der Waals surface area contributed by atoms with Crippen LogP contribution in [0, 0.1) is 0 Å². The summed E-state index contributed by atoms with van der Waals surface area (Å²) >= 11 is 6.09. The van der Waals surface area contributed by atoms with Gasteiger partial charge in [-0.05, 0) is 35.9 Å². The van der Waals surface area contributed by atoms with E-state index in [-0.39, 0.29) is 5.56 Å². The quantitative estimate of drug-likeness (QED) is 0.620. The van der Waals surface area contributed by atoms with E-state index in [0.717, 1.165) is 27.6 Å². The number of ether oxygens (including phenoxy) is 1. The van der Waals surface area contributed by atoms with Gasteiger partial charge in [0.1, 0.15) is 5.75 Å². The Kier molecular flexibility index (Phi) is 3.50. The van der Waals surface area contributed by atoms with Crippen molar-refractivity contribution in [2.75, 3.05) is 7.11 Å². The van der Waals surface area contributed by atoms with E-state index in [9.17, 15) is 4.79 Å². The van der Waals surface area contributed by atoms with E-state index in [2.05, 4.69) is 10.1 Å². The monoisotopic (exact) mass is 339 g/mol. The molecule has 1 N–H and O–H groups in total. The third-order valence-electron chi connectivity index (χ3n) is 4.00. The molecule has 2 aromatic carbocycles. The molecule has 120 valence electrons. The van der Waals surface area contributed by atoms with Gasteiger partial charge in [-0.2, -0.15) is 5.10 Å². The number of aromatic amines is 1. The highest BCUT2D eigenvalue weighted by Crippen LogP contribution is 2.24. The van der Waals surface area contributed by atoms with Gasteiger partial charge in [0.2, 0.25) is 0 Å². The average molecular weight is 340 g/mol. The van der Waals surface area contributed by atoms with Crippen LogP contribution in [0.3, 0.4) is 0 Å². The molecular weight excluding hydrogens is 326 g/mol. The van der Waals surface area contributed by atoms with Crippen molar-refractivity contribution in [1.82, 2.24) is 14.8 Å². The van der Waals surface area contributed by atoms with Crippen LogP contribution in [-0.4, -0.2) is 21.9 Å². The van der Waals surface area contributed by atoms with Crippen LogP contribution < -0.4 is 10.3 Å². The Morgan fingerprint density at radius 2 is 1.96 bits per heavy atom. The molecule has 0 spiro atoms. The Morgan fingerprint density at radius 1 is 1.17 bits per heavy atom. The smallest absolute Gasteiger partial charge is 0.276 e. The minimum atomic E-state index is -0.201. The summed E-state index contributed by atoms with van der Waals surface area (Å²) in [6.45, 7) is 0.570. The number of hydrogen-bond donors (Lipinski definition) is 1. The fourth-order valence-corrected chi connectivity index (χ4v) is 2.99. The standard InChI is InChI=1S/C18H14ClN3O2/c1-24-13-5-2-11(3-6-13)9-22-10-15-14-8-12(19)4-7-16(14)20-18(23)17(15)21-22/h2-8,10H,9H2,1H3,(H,20,23). The summed E-state index contributed by atoms with van der Waals surface area (Å²) < 4.78 is 6.93. The molecule has 24 heavy (non-hydrogen) atoms. The molecule has 6 heteroatoms. The highest BCUT2D eigenvalue weighted by Gasteiger charge is 2.10. The van der Waals surface area contributed by atoms with Gasteiger partial charge in [0, 0.05) is 27.5 Å². The maximum atomic E-state index is 12.2. The van der Waals surface area contributed by atoms with Crippen LogP contribution in [0.2, 0.25) is 5.02 Å². The van der Waals surface area contributed by atoms with Crippen molar-refractivity contribution in [3.05, 3.63) is 69.6 Å². The first-order valence-corrected chi connectivity index (χ1v) is 7.83. The van der Waals surface area contributed by atoms with Crippen molar-refractivity contribution in [3.63, 3.8) is 0 Å². The Labute approximate surface area is 142 Å². The third-order valence-corrected chi connectivity index (χ3v) is 4.24. The van der Waals surface area contributed by atoms with Crippen LogP contribution in [0.5, 0.6) is 5.75 Å². The summed E-state index contributed by atoms with van der Waals surface area (Å²) in [5.41, 5.74) is 2.04. The van der Waals surface area contributed by atoms with Crippen molar-refractivity contribution in [2.24, 2.45) is 0 Å². The number of methoxy groups -OCH3 is 1. The van der Waals surface area contributed by atoms with Crippen molar-refractivity contribution in [3.8, 4) is 5.75 Å². The van der Waals surface area contributed by atoms with E-state index in [4.69, 9.17) is 16.3 Å². The Bertz CT molecular complexity index is 1100. The summed E-state index contributed by atoms with van der Waals surface area (Å²) in [5.74, 6) is 0.807. The van der Waals surface area contributed by atoms with E-state index in [0.29, 0.717) is 17.1 Å². The van der Waals surface area contributed by atoms with E-state index >= 15 is 0 Å². The number of fused-ring (bicyclic) bond motifs is 3. The number of pyridine rings is 1. The zero-order chi connectivity index (χ0) is 16.7. The molecule has 0 aliphatic carbocycles. The highest BCUT2D eigenvalue weighted by atomic mass is 35.5. The molecule has 0 saturated carbocycles. The van der Waals surface area contributed by atoms with Gasteiger partial charge in [0.25, 0.3) is 5.56 Å². The number of benzene rings is 2. The van der Waals surface area contributed by atoms with Crippen LogP contribution in [0.25, 0.3) is 21.8 Å². The maximum Gasteiger partial charge on any atom is 0.276 e. The predicted octanol–water partition coefficient (Wildman–Crippen LogP) is 3.59. The molecule has 0 amide bonds. The first-order valence-electron chi connectivity index (χ1n) is 7.46. The lowest BCUT2D eigenvalue weighted by molar-refractivity contribution is 0.414. The molecule has 0 aliphatic heterocycles. The summed E-state index contributed by atoms with van der Waals surface area (Å²) in [6.07, 6.45) is 1.88. The van der Waals surface area contributed by atoms with Gasteiger partial charge in [0.05, 0.1) is 13.7 Å². The molecule has 0 unspecified atom stereocenters. The van der Waals surface area contributed by atoms with E-state index in [1.807, 2.05) is 36.5 Å². The highest BCUT2D eigenvalue weighted by molar-refractivity contribution is 6.31. The number of hydrogen-bond acceptors (Lipinski definition) is 3. The molecule has 0 bridgehead atoms. The van der Waals surface area contributed by atoms with Crippen LogP contribution >= 0.6 is 11.6 Å². The minimum absolute atomic E-state index is 0.201. The number of aromatic nitrogens is 3. The third kappa shape index (κ3) is 2.53. The maximum absolute atomic E-state index is 12.2. The van der Waals surface area contributed by atoms with Crippen molar-refractivity contribution >= 4 is 33.4 Å². The summed E-state index contributed by atoms with van der Waals surface area (Å²) in [5, 5.41) is 6.74. The van der Waals surface area contributed by atoms with E-state index < -0.39 is 0 Å². The van der Waals surface area contributed by atoms with Gasteiger partial charge in [-0.15, -0.1) is 0 Å². The Hall–Kier alpha value is -2.79. The van der Waals surface area contributed by atoms with Gasteiger partial charge in [-0.3, -0.25) is 9.48 Å². The molecule has 4 rings (SSSR count). The first-order chi connectivity index (χ1) is 11.6. The fourth-order valence-electron chi connectivity index (χ4n) is 2.82. The molecule has 5 nitrogen and oxygen atoms in total. The normalized spacial score (nSPS) is 11.2. The topological polar surface area (TPSA) is 59.9 Å². The molecule has 4 aromatic rings. The Balaban J connectivity index is 1.82. The van der Waals surface area contributed by atoms with E-state index in [1.165, 1.54) is 0 Å². The average Bonchev–Trinajstić information content (AvgIpc) is 3.01. The van der Waals surface area contributed by atoms with Crippen LogP contribution in [0.15, 0.2) is 53.5 Å². The zero-order valence-electron chi connectivity index (χ0n) is 12.9. The predicted molar refractivity (Wildman–Crippen MR) is 95.0 cm³/mol. The van der Waals surface area contributed by atoms with Crippen LogP contribution in [0.4, 0.5) is 0 Å². The van der Waals surface area contributed by atoms with Crippen molar-refractivity contribution < 1.29 is 4.74 Å². The lowest BCUT2D eigenvalue weighted by Gasteiger charge is -2.03. The summed E-state index contributed by atoms with van der Waals surface area (Å²) in [7, 11) is 1.64. The van der Waals surface area contributed by atoms with Gasteiger partial charge in [-0.1, -0.05) is 23.7 Å². The second-order valence-electron chi connectivity index (χ2n) is 5.58. The molecular formula is C18H14ClN3O2. The van der Waals surface area contributed by atoms with Gasteiger partial charge < -0.3 is 9.72 Å². The molecule has 0 atom stereocenters. The molecule has 2 aromatic heterocycles. The van der Waals surface area contributed by atoms with Gasteiger partial charge in [-0.25, -0.2) is 0 Å². The molecule has 0 aliphatic rings. The summed E-state index contributed by atoms with van der Waals surface area (Å²) in [4.78, 5) is 15.1. The molecule has 0 fully saturated rings. The zero-order valence-corrected chi connectivity index (χ0v) is 13.7. The lowest BCUT2D eigenvalue weighted by atomic mass is 10.1. The number of rotatable bonds is 3.